The van der Waals surface area contributed by atoms with E-state index in [4.69, 9.17) is 0 Å². The fourth-order valence-corrected chi connectivity index (χ4v) is 6.48. The normalized spacial score (nSPS) is 30.3. The highest BCUT2D eigenvalue weighted by atomic mass is 32.2. The summed E-state index contributed by atoms with van der Waals surface area (Å²) in [5, 5.41) is -0.652. The van der Waals surface area contributed by atoms with Gasteiger partial charge in [0.25, 0.3) is 0 Å². The molecule has 2 aliphatic rings. The van der Waals surface area contributed by atoms with Gasteiger partial charge in [-0.05, 0) is 37.8 Å². The molecule has 6 heteroatoms. The third-order valence-corrected chi connectivity index (χ3v) is 7.83. The van der Waals surface area contributed by atoms with Gasteiger partial charge in [0.2, 0.25) is 0 Å². The van der Waals surface area contributed by atoms with E-state index in [0.29, 0.717) is 31.4 Å². The number of imidazole rings is 1. The minimum absolute atomic E-state index is 0.0329. The summed E-state index contributed by atoms with van der Waals surface area (Å²) in [6.07, 6.45) is 6.75. The second-order valence-electron chi connectivity index (χ2n) is 6.37. The van der Waals surface area contributed by atoms with E-state index in [1.54, 1.807) is 10.6 Å². The van der Waals surface area contributed by atoms with Gasteiger partial charge in [0.1, 0.15) is 11.3 Å². The topological polar surface area (TPSA) is 68.5 Å². The number of nitrogens with zero attached hydrogens (tertiary/aromatic N) is 2. The molecule has 4 rings (SSSR count). The van der Waals surface area contributed by atoms with Gasteiger partial charge in [0.15, 0.2) is 15.6 Å². The number of rotatable bonds is 2. The smallest absolute Gasteiger partial charge is 0.184 e. The van der Waals surface area contributed by atoms with Crippen molar-refractivity contribution in [2.45, 2.75) is 42.6 Å². The highest BCUT2D eigenvalue weighted by Crippen LogP contribution is 2.40. The number of carbonyl (C=O) groups is 1. The molecule has 2 unspecified atom stereocenters. The minimum Gasteiger partial charge on any atom is -0.297 e. The van der Waals surface area contributed by atoms with Crippen molar-refractivity contribution in [2.24, 2.45) is 5.92 Å². The molecule has 22 heavy (non-hydrogen) atoms. The minimum atomic E-state index is -3.02. The Kier molecular flexibility index (Phi) is 3.11. The predicted octanol–water partition coefficient (Wildman–Crippen LogP) is 2.26. The molecule has 2 aromatic heterocycles. The molecule has 2 aromatic rings. The van der Waals surface area contributed by atoms with E-state index in [1.165, 1.54) is 0 Å². The van der Waals surface area contributed by atoms with Crippen LogP contribution in [0.2, 0.25) is 0 Å². The maximum absolute atomic E-state index is 12.9. The van der Waals surface area contributed by atoms with Gasteiger partial charge in [-0.1, -0.05) is 12.5 Å². The second-order valence-corrected chi connectivity index (χ2v) is 8.88. The zero-order valence-corrected chi connectivity index (χ0v) is 13.0. The Morgan fingerprint density at radius 2 is 1.91 bits per heavy atom. The highest BCUT2D eigenvalue weighted by Gasteiger charge is 2.46. The zero-order chi connectivity index (χ0) is 15.3. The van der Waals surface area contributed by atoms with Crippen LogP contribution in [0.3, 0.4) is 0 Å². The Hall–Kier alpha value is -1.69. The lowest BCUT2D eigenvalue weighted by Crippen LogP contribution is -2.45. The molecule has 2 atom stereocenters. The molecule has 0 radical (unpaired) electrons. The molecule has 0 spiro atoms. The average Bonchev–Trinajstić information content (AvgIpc) is 2.89. The molecular weight excluding hydrogens is 300 g/mol. The average molecular weight is 318 g/mol. The monoisotopic (exact) mass is 318 g/mol. The van der Waals surface area contributed by atoms with Crippen molar-refractivity contribution in [3.8, 4) is 0 Å². The van der Waals surface area contributed by atoms with Crippen molar-refractivity contribution in [2.75, 3.05) is 0 Å². The van der Waals surface area contributed by atoms with Crippen molar-refractivity contribution in [3.05, 3.63) is 36.3 Å². The number of fused-ring (bicyclic) bond motifs is 3. The van der Waals surface area contributed by atoms with Crippen LogP contribution in [0.25, 0.3) is 5.65 Å². The van der Waals surface area contributed by atoms with Crippen LogP contribution in [0.15, 0.2) is 30.6 Å². The predicted molar refractivity (Wildman–Crippen MR) is 82.6 cm³/mol. The molecule has 0 aromatic carbocycles. The molecule has 0 amide bonds. The molecule has 0 aliphatic carbocycles. The number of Topliss-reactive ketones (excluding diaryl/α,β-unsaturated/α-hetero) is 1. The van der Waals surface area contributed by atoms with Crippen molar-refractivity contribution in [3.63, 3.8) is 0 Å². The Morgan fingerprint density at radius 3 is 2.64 bits per heavy atom. The first-order chi connectivity index (χ1) is 10.6. The summed E-state index contributed by atoms with van der Waals surface area (Å²) in [5.41, 5.74) is 1.31. The highest BCUT2D eigenvalue weighted by molar-refractivity contribution is 7.92. The number of hydrogen-bond donors (Lipinski definition) is 0. The van der Waals surface area contributed by atoms with Crippen molar-refractivity contribution in [1.29, 1.82) is 0 Å². The van der Waals surface area contributed by atoms with E-state index in [1.807, 2.05) is 24.4 Å². The van der Waals surface area contributed by atoms with E-state index in [0.717, 1.165) is 12.1 Å². The van der Waals surface area contributed by atoms with Crippen LogP contribution in [0.4, 0.5) is 0 Å². The van der Waals surface area contributed by atoms with Crippen LogP contribution in [-0.2, 0) is 9.84 Å². The molecule has 2 saturated heterocycles. The van der Waals surface area contributed by atoms with E-state index in [9.17, 15) is 13.2 Å². The summed E-state index contributed by atoms with van der Waals surface area (Å²) < 4.78 is 26.5. The molecule has 2 aliphatic heterocycles. The van der Waals surface area contributed by atoms with Gasteiger partial charge in [-0.25, -0.2) is 13.4 Å². The quantitative estimate of drug-likeness (QED) is 0.797. The summed E-state index contributed by atoms with van der Waals surface area (Å²) >= 11 is 0. The van der Waals surface area contributed by atoms with Crippen LogP contribution in [0, 0.1) is 5.92 Å². The maximum Gasteiger partial charge on any atom is 0.184 e. The van der Waals surface area contributed by atoms with Crippen LogP contribution in [-0.4, -0.2) is 34.1 Å². The van der Waals surface area contributed by atoms with Gasteiger partial charge < -0.3 is 0 Å². The van der Waals surface area contributed by atoms with E-state index >= 15 is 0 Å². The molecule has 5 nitrogen and oxygen atoms in total. The molecule has 116 valence electrons. The van der Waals surface area contributed by atoms with Gasteiger partial charge in [-0.2, -0.15) is 0 Å². The lowest BCUT2D eigenvalue weighted by molar-refractivity contribution is 0.0888. The molecule has 0 saturated carbocycles. The molecular formula is C16H18N2O3S. The fourth-order valence-electron chi connectivity index (χ4n) is 3.95. The fraction of sp³-hybridized carbons (Fsp3) is 0.500. The van der Waals surface area contributed by atoms with Gasteiger partial charge in [0, 0.05) is 12.1 Å². The number of aromatic nitrogens is 2. The van der Waals surface area contributed by atoms with Gasteiger partial charge in [-0.3, -0.25) is 9.20 Å². The summed E-state index contributed by atoms with van der Waals surface area (Å²) in [5.74, 6) is -0.163. The standard InChI is InChI=1S/C16H18N2O3S/c19-16(14-10-17-15-6-1-2-7-18(14)15)11-8-12-4-3-5-13(9-11)22(12,20)21/h1-2,6-7,10-13H,3-5,8-9H2. The lowest BCUT2D eigenvalue weighted by atomic mass is 9.86. The van der Waals surface area contributed by atoms with Crippen LogP contribution >= 0.6 is 0 Å². The van der Waals surface area contributed by atoms with Crippen LogP contribution < -0.4 is 0 Å². The molecule has 0 N–H and O–H groups in total. The largest absolute Gasteiger partial charge is 0.297 e. The first-order valence-corrected chi connectivity index (χ1v) is 9.37. The van der Waals surface area contributed by atoms with Gasteiger partial charge in [-0.15, -0.1) is 0 Å². The maximum atomic E-state index is 12.9. The summed E-state index contributed by atoms with van der Waals surface area (Å²) in [6.45, 7) is 0. The lowest BCUT2D eigenvalue weighted by Gasteiger charge is -2.37. The van der Waals surface area contributed by atoms with Gasteiger partial charge in [0.05, 0.1) is 16.7 Å². The number of ketones is 1. The molecule has 2 bridgehead atoms. The van der Waals surface area contributed by atoms with Crippen LogP contribution in [0.1, 0.15) is 42.6 Å². The van der Waals surface area contributed by atoms with Crippen molar-refractivity contribution >= 4 is 21.3 Å². The Bertz CT molecular complexity index is 820. The summed E-state index contributed by atoms with van der Waals surface area (Å²) in [4.78, 5) is 17.1. The molecule has 2 fully saturated rings. The third kappa shape index (κ3) is 2.00. The van der Waals surface area contributed by atoms with E-state index in [-0.39, 0.29) is 22.2 Å². The Labute approximate surface area is 129 Å². The third-order valence-electron chi connectivity index (χ3n) is 5.12. The first-order valence-electron chi connectivity index (χ1n) is 7.76. The van der Waals surface area contributed by atoms with Crippen molar-refractivity contribution in [1.82, 2.24) is 9.38 Å². The number of sulfone groups is 1. The Morgan fingerprint density at radius 1 is 1.18 bits per heavy atom. The number of hydrogen-bond acceptors (Lipinski definition) is 4. The van der Waals surface area contributed by atoms with E-state index in [2.05, 4.69) is 4.98 Å². The second kappa shape index (κ2) is 4.91. The van der Waals surface area contributed by atoms with Crippen molar-refractivity contribution < 1.29 is 13.2 Å². The Balaban J connectivity index is 1.67. The molecule has 4 heterocycles. The van der Waals surface area contributed by atoms with E-state index < -0.39 is 9.84 Å². The zero-order valence-electron chi connectivity index (χ0n) is 12.2. The number of pyridine rings is 1. The number of carbonyl (C=O) groups excluding carboxylic acids is 1. The first kappa shape index (κ1) is 13.9. The van der Waals surface area contributed by atoms with Crippen LogP contribution in [0.5, 0.6) is 0 Å². The SMILES string of the molecule is O=C(c1cnc2ccccn12)C1CC2CCCC(C1)S2(=O)=O. The summed E-state index contributed by atoms with van der Waals surface area (Å²) in [6, 6.07) is 5.61. The summed E-state index contributed by atoms with van der Waals surface area (Å²) in [7, 11) is -3.02. The van der Waals surface area contributed by atoms with Gasteiger partial charge >= 0.3 is 0 Å².